The number of aromatic nitrogens is 2. The lowest BCUT2D eigenvalue weighted by Crippen LogP contribution is -2.25. The van der Waals surface area contributed by atoms with Crippen LogP contribution in [0, 0.1) is 0 Å². The van der Waals surface area contributed by atoms with Crippen molar-refractivity contribution in [3.05, 3.63) is 60.3 Å². The maximum Gasteiger partial charge on any atom is 0.255 e. The van der Waals surface area contributed by atoms with Crippen molar-refractivity contribution < 1.29 is 14.3 Å². The van der Waals surface area contributed by atoms with Crippen LogP contribution in [0.1, 0.15) is 23.2 Å². The Labute approximate surface area is 182 Å². The number of carbonyl (C=O) groups is 1. The Kier molecular flexibility index (Phi) is 8.70. The van der Waals surface area contributed by atoms with Crippen LogP contribution in [0.2, 0.25) is 0 Å². The third-order valence-electron chi connectivity index (χ3n) is 4.56. The maximum absolute atomic E-state index is 12.9. The minimum absolute atomic E-state index is 0. The van der Waals surface area contributed by atoms with Gasteiger partial charge in [-0.1, -0.05) is 18.2 Å². The van der Waals surface area contributed by atoms with E-state index in [2.05, 4.69) is 5.32 Å². The quantitative estimate of drug-likeness (QED) is 0.507. The lowest BCUT2D eigenvalue weighted by Gasteiger charge is -2.10. The van der Waals surface area contributed by atoms with Crippen molar-refractivity contribution in [3.63, 3.8) is 0 Å². The minimum Gasteiger partial charge on any atom is -0.497 e. The molecule has 7 nitrogen and oxygen atoms in total. The Morgan fingerprint density at radius 2 is 1.87 bits per heavy atom. The monoisotopic (exact) mass is 430 g/mol. The van der Waals surface area contributed by atoms with Crippen LogP contribution in [-0.4, -0.2) is 43.0 Å². The summed E-state index contributed by atoms with van der Waals surface area (Å²) in [5, 5.41) is 7.65. The Balaban J connectivity index is 0.00000320. The summed E-state index contributed by atoms with van der Waals surface area (Å²) in [6, 6.07) is 15.1. The highest BCUT2D eigenvalue weighted by Crippen LogP contribution is 2.34. The third-order valence-corrected chi connectivity index (χ3v) is 4.56. The minimum atomic E-state index is -0.183. The van der Waals surface area contributed by atoms with Crippen molar-refractivity contribution in [2.45, 2.75) is 12.8 Å². The highest BCUT2D eigenvalue weighted by Gasteiger charge is 2.21. The summed E-state index contributed by atoms with van der Waals surface area (Å²) in [5.74, 6) is 1.07. The topological polar surface area (TPSA) is 91.4 Å². The number of hydrogen-bond acceptors (Lipinski definition) is 5. The van der Waals surface area contributed by atoms with Gasteiger partial charge in [-0.15, -0.1) is 12.4 Å². The van der Waals surface area contributed by atoms with Gasteiger partial charge in [-0.25, -0.2) is 4.68 Å². The molecule has 1 aromatic heterocycles. The molecule has 0 fully saturated rings. The molecule has 1 heterocycles. The number of halogens is 1. The first-order valence-corrected chi connectivity index (χ1v) is 9.53. The lowest BCUT2D eigenvalue weighted by atomic mass is 10.1. The van der Waals surface area contributed by atoms with E-state index in [0.717, 1.165) is 24.1 Å². The van der Waals surface area contributed by atoms with Crippen LogP contribution >= 0.6 is 12.4 Å². The standard InChI is InChI=1S/C22H26N4O3.ClH/c1-28-17-10-11-18(20(14-17)29-2)21-19(22(27)24-13-7-6-12-23)15-26(25-21)16-8-4-3-5-9-16;/h3-5,8-11,14-15H,6-7,12-13,23H2,1-2H3,(H,24,27);1H. The second kappa shape index (κ2) is 11.2. The predicted octanol–water partition coefficient (Wildman–Crippen LogP) is 3.45. The summed E-state index contributed by atoms with van der Waals surface area (Å²) >= 11 is 0. The molecule has 0 atom stereocenters. The number of hydrogen-bond donors (Lipinski definition) is 2. The summed E-state index contributed by atoms with van der Waals surface area (Å²) in [7, 11) is 3.18. The van der Waals surface area contributed by atoms with Crippen LogP contribution in [0.25, 0.3) is 16.9 Å². The van der Waals surface area contributed by atoms with Crippen molar-refractivity contribution >= 4 is 18.3 Å². The van der Waals surface area contributed by atoms with Gasteiger partial charge < -0.3 is 20.5 Å². The van der Waals surface area contributed by atoms with Gasteiger partial charge in [0.2, 0.25) is 0 Å². The van der Waals surface area contributed by atoms with Crippen molar-refractivity contribution in [2.24, 2.45) is 5.73 Å². The Hall–Kier alpha value is -3.03. The summed E-state index contributed by atoms with van der Waals surface area (Å²) in [6.07, 6.45) is 3.44. The van der Waals surface area contributed by atoms with Crippen LogP contribution in [0.15, 0.2) is 54.7 Å². The SMILES string of the molecule is COc1ccc(-c2nn(-c3ccccc3)cc2C(=O)NCCCCN)c(OC)c1.Cl. The Morgan fingerprint density at radius 3 is 2.53 bits per heavy atom. The van der Waals surface area contributed by atoms with Gasteiger partial charge in [0, 0.05) is 24.4 Å². The average molecular weight is 431 g/mol. The second-order valence-corrected chi connectivity index (χ2v) is 6.49. The van der Waals surface area contributed by atoms with Gasteiger partial charge in [0.15, 0.2) is 0 Å². The highest BCUT2D eigenvalue weighted by molar-refractivity contribution is 6.00. The van der Waals surface area contributed by atoms with Crippen molar-refractivity contribution in [1.82, 2.24) is 15.1 Å². The zero-order valence-corrected chi connectivity index (χ0v) is 17.9. The molecule has 30 heavy (non-hydrogen) atoms. The number of para-hydroxylation sites is 1. The average Bonchev–Trinajstić information content (AvgIpc) is 3.22. The van der Waals surface area contributed by atoms with Gasteiger partial charge >= 0.3 is 0 Å². The van der Waals surface area contributed by atoms with Crippen LogP contribution in [-0.2, 0) is 0 Å². The number of nitrogens with zero attached hydrogens (tertiary/aromatic N) is 2. The molecule has 3 rings (SSSR count). The Bertz CT molecular complexity index is 960. The fraction of sp³-hybridized carbons (Fsp3) is 0.273. The smallest absolute Gasteiger partial charge is 0.255 e. The number of carbonyl (C=O) groups excluding carboxylic acids is 1. The fourth-order valence-electron chi connectivity index (χ4n) is 3.01. The van der Waals surface area contributed by atoms with E-state index in [1.165, 1.54) is 0 Å². The largest absolute Gasteiger partial charge is 0.497 e. The number of benzene rings is 2. The number of nitrogens with two attached hydrogens (primary N) is 1. The van der Waals surface area contributed by atoms with Crippen LogP contribution < -0.4 is 20.5 Å². The van der Waals surface area contributed by atoms with Crippen molar-refractivity contribution in [1.29, 1.82) is 0 Å². The molecule has 3 aromatic rings. The molecule has 0 aliphatic carbocycles. The van der Waals surface area contributed by atoms with E-state index >= 15 is 0 Å². The predicted molar refractivity (Wildman–Crippen MR) is 120 cm³/mol. The third kappa shape index (κ3) is 5.31. The number of ether oxygens (including phenoxy) is 2. The first-order valence-electron chi connectivity index (χ1n) is 9.53. The van der Waals surface area contributed by atoms with E-state index in [-0.39, 0.29) is 18.3 Å². The maximum atomic E-state index is 12.9. The molecular formula is C22H27ClN4O3. The van der Waals surface area contributed by atoms with E-state index in [0.29, 0.717) is 35.8 Å². The van der Waals surface area contributed by atoms with Gasteiger partial charge in [0.1, 0.15) is 17.2 Å². The molecule has 0 bridgehead atoms. The Morgan fingerprint density at radius 1 is 1.10 bits per heavy atom. The van der Waals surface area contributed by atoms with E-state index in [1.807, 2.05) is 42.5 Å². The van der Waals surface area contributed by atoms with Gasteiger partial charge in [-0.2, -0.15) is 5.10 Å². The molecule has 0 radical (unpaired) electrons. The summed E-state index contributed by atoms with van der Waals surface area (Å²) in [4.78, 5) is 12.9. The second-order valence-electron chi connectivity index (χ2n) is 6.49. The van der Waals surface area contributed by atoms with Crippen molar-refractivity contribution in [3.8, 4) is 28.4 Å². The molecule has 0 spiro atoms. The molecule has 0 saturated carbocycles. The molecule has 160 valence electrons. The number of nitrogens with one attached hydrogen (secondary N) is 1. The molecular weight excluding hydrogens is 404 g/mol. The lowest BCUT2D eigenvalue weighted by molar-refractivity contribution is 0.0953. The van der Waals surface area contributed by atoms with E-state index < -0.39 is 0 Å². The zero-order chi connectivity index (χ0) is 20.6. The van der Waals surface area contributed by atoms with E-state index in [1.54, 1.807) is 31.2 Å². The molecule has 1 amide bonds. The van der Waals surface area contributed by atoms with Gasteiger partial charge in [0.05, 0.1) is 25.5 Å². The van der Waals surface area contributed by atoms with E-state index in [9.17, 15) is 4.79 Å². The summed E-state index contributed by atoms with van der Waals surface area (Å²) in [5.41, 5.74) is 8.13. The molecule has 0 aliphatic rings. The number of rotatable bonds is 9. The number of methoxy groups -OCH3 is 2. The summed E-state index contributed by atoms with van der Waals surface area (Å²) < 4.78 is 12.5. The van der Waals surface area contributed by atoms with Gasteiger partial charge in [-0.3, -0.25) is 4.79 Å². The summed E-state index contributed by atoms with van der Waals surface area (Å²) in [6.45, 7) is 1.17. The first kappa shape index (κ1) is 23.3. The number of unbranched alkanes of at least 4 members (excludes halogenated alkanes) is 1. The molecule has 3 N–H and O–H groups in total. The van der Waals surface area contributed by atoms with Gasteiger partial charge in [0.25, 0.3) is 5.91 Å². The number of amides is 1. The van der Waals surface area contributed by atoms with Gasteiger partial charge in [-0.05, 0) is 43.7 Å². The van der Waals surface area contributed by atoms with Crippen LogP contribution in [0.3, 0.4) is 0 Å². The molecule has 8 heteroatoms. The van der Waals surface area contributed by atoms with E-state index in [4.69, 9.17) is 20.3 Å². The highest BCUT2D eigenvalue weighted by atomic mass is 35.5. The first-order chi connectivity index (χ1) is 14.2. The molecule has 0 aliphatic heterocycles. The molecule has 0 unspecified atom stereocenters. The molecule has 2 aromatic carbocycles. The normalized spacial score (nSPS) is 10.2. The fourth-order valence-corrected chi connectivity index (χ4v) is 3.01. The van der Waals surface area contributed by atoms with Crippen LogP contribution in [0.4, 0.5) is 0 Å². The van der Waals surface area contributed by atoms with Crippen LogP contribution in [0.5, 0.6) is 11.5 Å². The van der Waals surface area contributed by atoms with Crippen molar-refractivity contribution in [2.75, 3.05) is 27.3 Å². The molecule has 0 saturated heterocycles. The zero-order valence-electron chi connectivity index (χ0n) is 17.1.